The number of sulfone groups is 1. The summed E-state index contributed by atoms with van der Waals surface area (Å²) in [4.78, 5) is 22.2. The summed E-state index contributed by atoms with van der Waals surface area (Å²) in [6.07, 6.45) is 6.62. The number of amides is 1. The predicted octanol–water partition coefficient (Wildman–Crippen LogP) is 4.74. The molecule has 1 N–H and O–H groups in total. The summed E-state index contributed by atoms with van der Waals surface area (Å²) in [6.45, 7) is 1.74. The first-order valence-corrected chi connectivity index (χ1v) is 12.8. The van der Waals surface area contributed by atoms with Crippen molar-refractivity contribution in [1.82, 2.24) is 9.97 Å². The van der Waals surface area contributed by atoms with E-state index in [2.05, 4.69) is 15.3 Å². The summed E-state index contributed by atoms with van der Waals surface area (Å²) in [5, 5.41) is 2.99. The second-order valence-electron chi connectivity index (χ2n) is 7.43. The Kier molecular flexibility index (Phi) is 6.15. The Balaban J connectivity index is 1.62. The number of aromatic nitrogens is 2. The Labute approximate surface area is 185 Å². The number of thioether (sulfide) groups is 1. The summed E-state index contributed by atoms with van der Waals surface area (Å²) >= 11 is 1.33. The highest BCUT2D eigenvalue weighted by molar-refractivity contribution is 7.98. The molecule has 0 atom stereocenters. The first kappa shape index (κ1) is 21.6. The van der Waals surface area contributed by atoms with E-state index >= 15 is 0 Å². The molecule has 2 heterocycles. The van der Waals surface area contributed by atoms with E-state index in [1.54, 1.807) is 43.5 Å². The lowest BCUT2D eigenvalue weighted by molar-refractivity contribution is 0.102. The Hall–Kier alpha value is -2.65. The molecule has 0 radical (unpaired) electrons. The highest BCUT2D eigenvalue weighted by Crippen LogP contribution is 2.31. The van der Waals surface area contributed by atoms with E-state index in [1.807, 2.05) is 6.26 Å². The monoisotopic (exact) mass is 457 g/mol. The van der Waals surface area contributed by atoms with Crippen LogP contribution in [0.4, 0.5) is 5.69 Å². The zero-order valence-electron chi connectivity index (χ0n) is 17.3. The second kappa shape index (κ2) is 8.84. The summed E-state index contributed by atoms with van der Waals surface area (Å²) in [5.41, 5.74) is 1.29. The molecule has 9 heteroatoms. The van der Waals surface area contributed by atoms with Crippen LogP contribution in [0.1, 0.15) is 41.7 Å². The zero-order chi connectivity index (χ0) is 22.0. The van der Waals surface area contributed by atoms with Crippen LogP contribution in [-0.2, 0) is 9.84 Å². The van der Waals surface area contributed by atoms with Crippen LogP contribution in [0.5, 0.6) is 0 Å². The van der Waals surface area contributed by atoms with Crippen LogP contribution in [0.2, 0.25) is 0 Å². The number of benzene rings is 1. The van der Waals surface area contributed by atoms with Gasteiger partial charge in [0.2, 0.25) is 0 Å². The molecule has 0 bridgehead atoms. The van der Waals surface area contributed by atoms with Gasteiger partial charge in [-0.15, -0.1) is 11.8 Å². The molecule has 31 heavy (non-hydrogen) atoms. The number of aryl methyl sites for hydroxylation is 1. The summed E-state index contributed by atoms with van der Waals surface area (Å²) in [5.74, 6) is 0.548. The maximum absolute atomic E-state index is 13.1. The fourth-order valence-corrected chi connectivity index (χ4v) is 6.33. The number of carbonyl (C=O) groups is 1. The van der Waals surface area contributed by atoms with Gasteiger partial charge in [0, 0.05) is 5.69 Å². The van der Waals surface area contributed by atoms with Crippen LogP contribution in [0, 0.1) is 6.92 Å². The first-order valence-electron chi connectivity index (χ1n) is 10.0. The smallest absolute Gasteiger partial charge is 0.260 e. The largest absolute Gasteiger partial charge is 0.461 e. The number of hydrogen-bond acceptors (Lipinski definition) is 7. The highest BCUT2D eigenvalue weighted by atomic mass is 32.2. The predicted molar refractivity (Wildman–Crippen MR) is 120 cm³/mol. The van der Waals surface area contributed by atoms with Gasteiger partial charge in [-0.05, 0) is 56.4 Å². The minimum absolute atomic E-state index is 0.239. The highest BCUT2D eigenvalue weighted by Gasteiger charge is 2.30. The summed E-state index contributed by atoms with van der Waals surface area (Å²) in [7, 11) is -3.40. The molecular formula is C22H23N3O4S2. The van der Waals surface area contributed by atoms with Gasteiger partial charge in [-0.1, -0.05) is 18.9 Å². The number of anilines is 1. The quantitative estimate of drug-likeness (QED) is 0.421. The average Bonchev–Trinajstić information content (AvgIpc) is 3.47. The second-order valence-corrected chi connectivity index (χ2v) is 10.5. The van der Waals surface area contributed by atoms with Crippen molar-refractivity contribution in [3.05, 3.63) is 53.9 Å². The topological polar surface area (TPSA) is 102 Å². The van der Waals surface area contributed by atoms with Gasteiger partial charge in [0.05, 0.1) is 27.7 Å². The third-order valence-corrected chi connectivity index (χ3v) is 8.32. The number of nitrogens with one attached hydrogen (secondary N) is 1. The lowest BCUT2D eigenvalue weighted by Crippen LogP contribution is -2.19. The Bertz CT molecular complexity index is 1200. The molecule has 1 amide bonds. The molecule has 162 valence electrons. The van der Waals surface area contributed by atoms with E-state index in [1.165, 1.54) is 17.8 Å². The third-order valence-electron chi connectivity index (χ3n) is 5.38. The number of furan rings is 1. The summed E-state index contributed by atoms with van der Waals surface area (Å²) in [6, 6.07) is 9.95. The van der Waals surface area contributed by atoms with Crippen LogP contribution >= 0.6 is 11.8 Å². The van der Waals surface area contributed by atoms with Crippen molar-refractivity contribution in [2.24, 2.45) is 0 Å². The van der Waals surface area contributed by atoms with Crippen molar-refractivity contribution in [3.8, 4) is 11.6 Å². The fourth-order valence-electron chi connectivity index (χ4n) is 3.81. The molecule has 0 spiro atoms. The average molecular weight is 458 g/mol. The fraction of sp³-hybridized carbons (Fsp3) is 0.318. The molecule has 4 rings (SSSR count). The van der Waals surface area contributed by atoms with Crippen LogP contribution in [0.15, 0.2) is 57.0 Å². The van der Waals surface area contributed by atoms with Gasteiger partial charge in [0.1, 0.15) is 5.03 Å². The molecular weight excluding hydrogens is 434 g/mol. The molecule has 1 aromatic carbocycles. The van der Waals surface area contributed by atoms with Crippen LogP contribution < -0.4 is 5.32 Å². The van der Waals surface area contributed by atoms with Crippen molar-refractivity contribution in [2.75, 3.05) is 11.6 Å². The zero-order valence-corrected chi connectivity index (χ0v) is 18.9. The molecule has 1 saturated carbocycles. The molecule has 2 aromatic heterocycles. The van der Waals surface area contributed by atoms with Gasteiger partial charge in [-0.3, -0.25) is 4.79 Å². The third kappa shape index (κ3) is 4.38. The normalized spacial score (nSPS) is 14.6. The van der Waals surface area contributed by atoms with E-state index in [0.717, 1.165) is 12.8 Å². The van der Waals surface area contributed by atoms with Gasteiger partial charge in [-0.25, -0.2) is 18.4 Å². The van der Waals surface area contributed by atoms with Gasteiger partial charge in [0.25, 0.3) is 5.91 Å². The van der Waals surface area contributed by atoms with Crippen molar-refractivity contribution in [3.63, 3.8) is 0 Å². The minimum Gasteiger partial charge on any atom is -0.461 e. The SMILES string of the molecule is CSc1nc(-c2ccco2)nc(C)c1C(=O)Nc1cccc(S(=O)(=O)C2CCCC2)c1. The van der Waals surface area contributed by atoms with Crippen LogP contribution in [0.3, 0.4) is 0 Å². The van der Waals surface area contributed by atoms with Crippen molar-refractivity contribution in [1.29, 1.82) is 0 Å². The van der Waals surface area contributed by atoms with Gasteiger partial charge in [0.15, 0.2) is 21.4 Å². The van der Waals surface area contributed by atoms with E-state index in [0.29, 0.717) is 46.4 Å². The van der Waals surface area contributed by atoms with E-state index in [4.69, 9.17) is 4.42 Å². The number of carbonyl (C=O) groups excluding carboxylic acids is 1. The van der Waals surface area contributed by atoms with Crippen LogP contribution in [-0.4, -0.2) is 35.8 Å². The van der Waals surface area contributed by atoms with E-state index in [9.17, 15) is 13.2 Å². The maximum Gasteiger partial charge on any atom is 0.260 e. The number of rotatable bonds is 6. The number of hydrogen-bond donors (Lipinski definition) is 1. The molecule has 0 unspecified atom stereocenters. The minimum atomic E-state index is -3.40. The number of nitrogens with zero attached hydrogens (tertiary/aromatic N) is 2. The van der Waals surface area contributed by atoms with E-state index < -0.39 is 9.84 Å². The summed E-state index contributed by atoms with van der Waals surface area (Å²) < 4.78 is 31.2. The van der Waals surface area contributed by atoms with Crippen molar-refractivity contribution < 1.29 is 17.6 Å². The van der Waals surface area contributed by atoms with Crippen LogP contribution in [0.25, 0.3) is 11.6 Å². The Morgan fingerprint density at radius 2 is 1.94 bits per heavy atom. The lowest BCUT2D eigenvalue weighted by Gasteiger charge is -2.14. The first-order chi connectivity index (χ1) is 14.9. The molecule has 1 fully saturated rings. The van der Waals surface area contributed by atoms with Gasteiger partial charge in [-0.2, -0.15) is 0 Å². The van der Waals surface area contributed by atoms with Crippen molar-refractivity contribution >= 4 is 33.2 Å². The maximum atomic E-state index is 13.1. The van der Waals surface area contributed by atoms with Crippen molar-refractivity contribution in [2.45, 2.75) is 47.8 Å². The molecule has 1 aliphatic carbocycles. The Morgan fingerprint density at radius 3 is 2.61 bits per heavy atom. The lowest BCUT2D eigenvalue weighted by atomic mass is 10.2. The van der Waals surface area contributed by atoms with Gasteiger partial charge < -0.3 is 9.73 Å². The molecule has 1 aliphatic rings. The molecule has 7 nitrogen and oxygen atoms in total. The van der Waals surface area contributed by atoms with E-state index in [-0.39, 0.29) is 16.1 Å². The van der Waals surface area contributed by atoms with Gasteiger partial charge >= 0.3 is 0 Å². The Morgan fingerprint density at radius 1 is 1.16 bits per heavy atom. The molecule has 0 saturated heterocycles. The molecule has 3 aromatic rings. The standard InChI is InChI=1S/C22H23N3O4S2/c1-14-19(22(30-2)25-20(23-14)18-11-6-12-29-18)21(26)24-15-7-5-10-17(13-15)31(27,28)16-8-3-4-9-16/h5-7,10-13,16H,3-4,8-9H2,1-2H3,(H,24,26). The molecule has 0 aliphatic heterocycles.